The number of benzene rings is 1. The summed E-state index contributed by atoms with van der Waals surface area (Å²) in [5, 5.41) is 15.0. The first-order valence-electron chi connectivity index (χ1n) is 10.2. The molecule has 2 aromatic rings. The van der Waals surface area contributed by atoms with E-state index in [0.29, 0.717) is 16.3 Å². The minimum Gasteiger partial charge on any atom is -0.444 e. The number of aliphatic imine (C=N–C) groups is 1. The lowest BCUT2D eigenvalue weighted by atomic mass is 10.0. The summed E-state index contributed by atoms with van der Waals surface area (Å²) in [6.07, 6.45) is 1.89. The molecule has 10 heteroatoms. The van der Waals surface area contributed by atoms with Crippen molar-refractivity contribution in [1.29, 1.82) is 5.26 Å². The van der Waals surface area contributed by atoms with Gasteiger partial charge in [0.25, 0.3) is 0 Å². The number of nitrogens with zero attached hydrogens (tertiary/aromatic N) is 3. The number of amides is 1. The number of nitrogens with one attached hydrogen (secondary N) is 2. The number of fused-ring (bicyclic) bond motifs is 1. The third kappa shape index (κ3) is 5.56. The van der Waals surface area contributed by atoms with Crippen LogP contribution in [0.4, 0.5) is 13.6 Å². The summed E-state index contributed by atoms with van der Waals surface area (Å²) in [7, 11) is 0. The summed E-state index contributed by atoms with van der Waals surface area (Å²) >= 11 is 1.34. The molecule has 33 heavy (non-hydrogen) atoms. The van der Waals surface area contributed by atoms with Crippen LogP contribution >= 0.6 is 11.8 Å². The predicted octanol–water partition coefficient (Wildman–Crippen LogP) is 4.53. The van der Waals surface area contributed by atoms with Gasteiger partial charge in [0, 0.05) is 11.8 Å². The minimum absolute atomic E-state index is 0.0179. The summed E-state index contributed by atoms with van der Waals surface area (Å²) < 4.78 is 34.7. The number of aromatic nitrogens is 1. The quantitative estimate of drug-likeness (QED) is 0.640. The number of nitriles is 1. The van der Waals surface area contributed by atoms with E-state index in [-0.39, 0.29) is 22.7 Å². The van der Waals surface area contributed by atoms with Crippen molar-refractivity contribution in [3.63, 3.8) is 0 Å². The molecule has 1 amide bonds. The van der Waals surface area contributed by atoms with Gasteiger partial charge in [-0.25, -0.2) is 13.6 Å². The van der Waals surface area contributed by atoms with Crippen LogP contribution < -0.4 is 10.6 Å². The largest absolute Gasteiger partial charge is 0.444 e. The van der Waals surface area contributed by atoms with E-state index in [1.807, 2.05) is 6.07 Å². The highest BCUT2D eigenvalue weighted by molar-refractivity contribution is 8.14. The summed E-state index contributed by atoms with van der Waals surface area (Å²) in [6, 6.07) is 8.37. The Morgan fingerprint density at radius 1 is 1.33 bits per heavy atom. The number of hydrogen-bond acceptors (Lipinski definition) is 7. The second kappa shape index (κ2) is 8.92. The number of pyridine rings is 1. The van der Waals surface area contributed by atoms with Gasteiger partial charge in [-0.15, -0.1) is 0 Å². The smallest absolute Gasteiger partial charge is 0.413 e. The van der Waals surface area contributed by atoms with Crippen molar-refractivity contribution in [2.24, 2.45) is 4.99 Å². The van der Waals surface area contributed by atoms with Crippen LogP contribution in [0.5, 0.6) is 0 Å². The first-order valence-corrected chi connectivity index (χ1v) is 11.0. The van der Waals surface area contributed by atoms with E-state index in [1.165, 1.54) is 54.4 Å². The third-order valence-electron chi connectivity index (χ3n) is 4.79. The van der Waals surface area contributed by atoms with Crippen LogP contribution in [-0.2, 0) is 4.74 Å². The Bertz CT molecular complexity index is 1180. The maximum absolute atomic E-state index is 14.7. The highest BCUT2D eigenvalue weighted by Crippen LogP contribution is 2.42. The number of rotatable bonds is 3. The van der Waals surface area contributed by atoms with Crippen molar-refractivity contribution in [3.05, 3.63) is 64.7 Å². The van der Waals surface area contributed by atoms with E-state index < -0.39 is 29.4 Å². The van der Waals surface area contributed by atoms with Gasteiger partial charge in [-0.2, -0.15) is 5.26 Å². The van der Waals surface area contributed by atoms with Crippen LogP contribution in [0.1, 0.15) is 49.2 Å². The van der Waals surface area contributed by atoms with E-state index in [4.69, 9.17) is 10.00 Å². The van der Waals surface area contributed by atoms with Gasteiger partial charge in [-0.3, -0.25) is 20.6 Å². The number of amidine groups is 1. The molecule has 0 radical (unpaired) electrons. The molecule has 3 heterocycles. The van der Waals surface area contributed by atoms with Gasteiger partial charge < -0.3 is 4.74 Å². The van der Waals surface area contributed by atoms with Crippen molar-refractivity contribution in [3.8, 4) is 6.07 Å². The average Bonchev–Trinajstić information content (AvgIpc) is 3.53. The highest BCUT2D eigenvalue weighted by atomic mass is 32.2. The molecule has 0 bridgehead atoms. The fourth-order valence-electron chi connectivity index (χ4n) is 3.27. The molecule has 1 aromatic heterocycles. The molecule has 1 fully saturated rings. The fraction of sp³-hybridized carbons (Fsp3) is 0.304. The molecule has 1 aromatic carbocycles. The zero-order valence-electron chi connectivity index (χ0n) is 18.1. The molecule has 170 valence electrons. The van der Waals surface area contributed by atoms with Crippen LogP contribution in [0.2, 0.25) is 0 Å². The number of hydrogen-bond donors (Lipinski definition) is 2. The molecule has 2 aliphatic rings. The number of halogens is 2. The Labute approximate surface area is 194 Å². The van der Waals surface area contributed by atoms with E-state index in [1.54, 1.807) is 20.8 Å². The number of ether oxygens (including phenoxy) is 1. The lowest BCUT2D eigenvalue weighted by molar-refractivity contribution is 0.0564. The molecule has 1 saturated heterocycles. The van der Waals surface area contributed by atoms with E-state index in [9.17, 15) is 13.6 Å². The third-order valence-corrected chi connectivity index (χ3v) is 5.90. The van der Waals surface area contributed by atoms with Gasteiger partial charge in [0.2, 0.25) is 0 Å². The Hall–Kier alpha value is -3.29. The lowest BCUT2D eigenvalue weighted by Gasteiger charge is -2.22. The maximum atomic E-state index is 14.7. The molecule has 2 aliphatic heterocycles. The van der Waals surface area contributed by atoms with Gasteiger partial charge in [0.05, 0.1) is 28.7 Å². The van der Waals surface area contributed by atoms with Crippen molar-refractivity contribution < 1.29 is 18.3 Å². The molecule has 3 unspecified atom stereocenters. The van der Waals surface area contributed by atoms with Crippen LogP contribution in [-0.4, -0.2) is 33.3 Å². The predicted molar refractivity (Wildman–Crippen MR) is 122 cm³/mol. The Kier molecular flexibility index (Phi) is 6.19. The van der Waals surface area contributed by atoms with Crippen LogP contribution in [0, 0.1) is 17.1 Å². The van der Waals surface area contributed by atoms with Crippen LogP contribution in [0.3, 0.4) is 0 Å². The van der Waals surface area contributed by atoms with E-state index in [2.05, 4.69) is 20.6 Å². The van der Waals surface area contributed by atoms with E-state index >= 15 is 0 Å². The SMILES string of the molecule is CC(C)(C)OC(=O)NC1=NC(c2cc(/C=C(\F)c3ccc(C#N)cn3)ccc2F)C2NC2S1. The first kappa shape index (κ1) is 22.9. The topological polar surface area (TPSA) is 109 Å². The average molecular weight is 470 g/mol. The molecule has 4 rings (SSSR count). The monoisotopic (exact) mass is 469 g/mol. The van der Waals surface area contributed by atoms with Gasteiger partial charge >= 0.3 is 6.09 Å². The standard InChI is InChI=1S/C23H21F2N5O2S/c1-23(2,3)32-22(31)30-21-29-18(19-20(28-19)33-21)14-8-12(4-6-15(14)24)9-16(25)17-7-5-13(10-26)11-27-17/h4-9,11,18-20,28H,1-3H3,(H,29,30,31)/b16-9-. The van der Waals surface area contributed by atoms with Crippen LogP contribution in [0.15, 0.2) is 41.5 Å². The molecule has 7 nitrogen and oxygen atoms in total. The van der Waals surface area contributed by atoms with Crippen molar-refractivity contribution in [2.75, 3.05) is 0 Å². The van der Waals surface area contributed by atoms with Gasteiger partial charge in [0.1, 0.15) is 23.3 Å². The van der Waals surface area contributed by atoms with Crippen molar-refractivity contribution in [1.82, 2.24) is 15.6 Å². The lowest BCUT2D eigenvalue weighted by Crippen LogP contribution is -2.36. The molecule has 0 aliphatic carbocycles. The van der Waals surface area contributed by atoms with Gasteiger partial charge in [-0.1, -0.05) is 17.8 Å². The number of carbonyl (C=O) groups is 1. The number of thioether (sulfide) groups is 1. The fourth-order valence-corrected chi connectivity index (χ4v) is 4.35. The second-order valence-electron chi connectivity index (χ2n) is 8.55. The van der Waals surface area contributed by atoms with Gasteiger partial charge in [-0.05, 0) is 56.7 Å². The molecule has 0 saturated carbocycles. The maximum Gasteiger partial charge on any atom is 0.413 e. The zero-order chi connectivity index (χ0) is 23.8. The molecule has 3 atom stereocenters. The molecular weight excluding hydrogens is 448 g/mol. The Morgan fingerprint density at radius 2 is 2.12 bits per heavy atom. The van der Waals surface area contributed by atoms with Gasteiger partial charge in [0.15, 0.2) is 5.17 Å². The number of carbonyl (C=O) groups excluding carboxylic acids is 1. The Morgan fingerprint density at radius 3 is 2.79 bits per heavy atom. The summed E-state index contributed by atoms with van der Waals surface area (Å²) in [5.41, 5.74) is 0.450. The number of alkyl carbamates (subject to hydrolysis) is 1. The first-order chi connectivity index (χ1) is 15.6. The molecule has 0 spiro atoms. The minimum atomic E-state index is -0.662. The molecule has 2 N–H and O–H groups in total. The summed E-state index contributed by atoms with van der Waals surface area (Å²) in [6.45, 7) is 5.26. The summed E-state index contributed by atoms with van der Waals surface area (Å²) in [4.78, 5) is 20.6. The Balaban J connectivity index is 1.57. The van der Waals surface area contributed by atoms with Crippen LogP contribution in [0.25, 0.3) is 11.9 Å². The highest BCUT2D eigenvalue weighted by Gasteiger charge is 2.48. The normalized spacial score (nSPS) is 22.0. The molecular formula is C23H21F2N5O2S. The summed E-state index contributed by atoms with van der Waals surface area (Å²) in [5.74, 6) is -1.09. The van der Waals surface area contributed by atoms with Crippen molar-refractivity contribution >= 4 is 34.9 Å². The van der Waals surface area contributed by atoms with Crippen molar-refractivity contribution in [2.45, 2.75) is 43.8 Å². The van der Waals surface area contributed by atoms with E-state index in [0.717, 1.165) is 0 Å². The second-order valence-corrected chi connectivity index (χ2v) is 9.68. The zero-order valence-corrected chi connectivity index (χ0v) is 18.9.